The summed E-state index contributed by atoms with van der Waals surface area (Å²) in [6.45, 7) is 0.686. The number of nitrogens with zero attached hydrogens (tertiary/aromatic N) is 2. The molecular weight excluding hydrogens is 399 g/mol. The van der Waals surface area contributed by atoms with Crippen molar-refractivity contribution in [2.45, 2.75) is 18.3 Å². The van der Waals surface area contributed by atoms with Crippen LogP contribution in [0.2, 0.25) is 0 Å². The zero-order valence-corrected chi connectivity index (χ0v) is 15.1. The molecule has 1 atom stereocenters. The minimum absolute atomic E-state index is 0.146. The van der Waals surface area contributed by atoms with Crippen LogP contribution in [0.25, 0.3) is 0 Å². The normalized spacial score (nSPS) is 18.7. The summed E-state index contributed by atoms with van der Waals surface area (Å²) in [7, 11) is -3.46. The summed E-state index contributed by atoms with van der Waals surface area (Å²) < 4.78 is 45.9. The maximum Gasteiger partial charge on any atom is 0.228 e. The van der Waals surface area contributed by atoms with E-state index in [1.165, 1.54) is 28.6 Å². The lowest BCUT2D eigenvalue weighted by Gasteiger charge is -2.17. The van der Waals surface area contributed by atoms with Crippen molar-refractivity contribution in [3.63, 3.8) is 0 Å². The van der Waals surface area contributed by atoms with Crippen LogP contribution in [0.1, 0.15) is 12.0 Å². The van der Waals surface area contributed by atoms with E-state index in [1.807, 2.05) is 6.07 Å². The lowest BCUT2D eigenvalue weighted by molar-refractivity contribution is 0.205. The first-order chi connectivity index (χ1) is 11.4. The van der Waals surface area contributed by atoms with E-state index in [1.54, 1.807) is 12.3 Å². The maximum atomic E-state index is 12.9. The molecule has 0 radical (unpaired) electrons. The molecule has 0 spiro atoms. The number of benzene rings is 1. The van der Waals surface area contributed by atoms with Gasteiger partial charge < -0.3 is 4.74 Å². The van der Waals surface area contributed by atoms with E-state index in [-0.39, 0.29) is 24.2 Å². The quantitative estimate of drug-likeness (QED) is 0.754. The zero-order valence-electron chi connectivity index (χ0n) is 12.7. The van der Waals surface area contributed by atoms with Crippen molar-refractivity contribution in [2.75, 3.05) is 13.1 Å². The van der Waals surface area contributed by atoms with Crippen LogP contribution in [0.4, 0.5) is 4.39 Å². The van der Waals surface area contributed by atoms with Gasteiger partial charge in [-0.2, -0.15) is 4.31 Å². The summed E-state index contributed by atoms with van der Waals surface area (Å²) >= 11 is 3.36. The van der Waals surface area contributed by atoms with Crippen molar-refractivity contribution in [3.8, 4) is 5.88 Å². The first-order valence-electron chi connectivity index (χ1n) is 7.43. The monoisotopic (exact) mass is 414 g/mol. The second-order valence-electron chi connectivity index (χ2n) is 5.56. The van der Waals surface area contributed by atoms with Gasteiger partial charge in [-0.1, -0.05) is 12.1 Å². The average molecular weight is 415 g/mol. The molecule has 1 saturated heterocycles. The van der Waals surface area contributed by atoms with Gasteiger partial charge in [-0.3, -0.25) is 0 Å². The van der Waals surface area contributed by atoms with Gasteiger partial charge in [0.2, 0.25) is 15.9 Å². The van der Waals surface area contributed by atoms with Gasteiger partial charge in [-0.25, -0.2) is 17.8 Å². The number of hydrogen-bond donors (Lipinski definition) is 0. The first kappa shape index (κ1) is 17.3. The molecule has 2 aromatic rings. The van der Waals surface area contributed by atoms with E-state index in [2.05, 4.69) is 20.9 Å². The molecule has 8 heteroatoms. The van der Waals surface area contributed by atoms with Crippen molar-refractivity contribution >= 4 is 26.0 Å². The Balaban J connectivity index is 1.64. The summed E-state index contributed by atoms with van der Waals surface area (Å²) in [5, 5.41) is 0. The Labute approximate surface area is 148 Å². The third-order valence-electron chi connectivity index (χ3n) is 3.77. The molecule has 128 valence electrons. The molecule has 1 aliphatic heterocycles. The molecule has 24 heavy (non-hydrogen) atoms. The summed E-state index contributed by atoms with van der Waals surface area (Å²) in [5.74, 6) is -0.0696. The predicted octanol–water partition coefficient (Wildman–Crippen LogP) is 2.97. The van der Waals surface area contributed by atoms with Crippen LogP contribution < -0.4 is 4.74 Å². The number of sulfonamides is 1. The van der Waals surface area contributed by atoms with Gasteiger partial charge in [-0.15, -0.1) is 0 Å². The van der Waals surface area contributed by atoms with E-state index in [4.69, 9.17) is 4.74 Å². The third kappa shape index (κ3) is 4.12. The minimum Gasteiger partial charge on any atom is -0.472 e. The molecule has 0 amide bonds. The van der Waals surface area contributed by atoms with E-state index in [0.29, 0.717) is 24.4 Å². The molecule has 1 aromatic carbocycles. The molecule has 0 saturated carbocycles. The molecule has 3 rings (SSSR count). The van der Waals surface area contributed by atoms with Gasteiger partial charge in [-0.05, 0) is 52.2 Å². The highest BCUT2D eigenvalue weighted by molar-refractivity contribution is 9.10. The van der Waals surface area contributed by atoms with Crippen molar-refractivity contribution < 1.29 is 17.5 Å². The number of halogens is 2. The molecular formula is C16H16BrFN2O3S. The molecule has 1 fully saturated rings. The summed E-state index contributed by atoms with van der Waals surface area (Å²) in [6.07, 6.45) is 1.99. The Bertz CT molecular complexity index is 814. The molecule has 1 aromatic heterocycles. The minimum atomic E-state index is -3.46. The molecule has 1 unspecified atom stereocenters. The Morgan fingerprint density at radius 3 is 2.75 bits per heavy atom. The molecule has 0 aliphatic carbocycles. The van der Waals surface area contributed by atoms with Crippen molar-refractivity contribution in [1.29, 1.82) is 0 Å². The topological polar surface area (TPSA) is 59.5 Å². The first-order valence-corrected chi connectivity index (χ1v) is 9.84. The van der Waals surface area contributed by atoms with E-state index >= 15 is 0 Å². The highest BCUT2D eigenvalue weighted by Crippen LogP contribution is 2.26. The number of pyridine rings is 1. The number of ether oxygens (including phenoxy) is 1. The standard InChI is InChI=1S/C16H16BrFN2O3S/c17-15-2-1-8-19-16(15)23-14-7-9-20(10-14)24(21,22)11-12-3-5-13(18)6-4-12/h1-6,8,14H,7,9-11H2. The number of aromatic nitrogens is 1. The van der Waals surface area contributed by atoms with Gasteiger partial charge in [0.1, 0.15) is 11.9 Å². The van der Waals surface area contributed by atoms with Gasteiger partial charge in [0.25, 0.3) is 0 Å². The van der Waals surface area contributed by atoms with Crippen molar-refractivity contribution in [3.05, 3.63) is 58.4 Å². The fraction of sp³-hybridized carbons (Fsp3) is 0.312. The zero-order chi connectivity index (χ0) is 17.2. The van der Waals surface area contributed by atoms with E-state index in [9.17, 15) is 12.8 Å². The molecule has 5 nitrogen and oxygen atoms in total. The van der Waals surface area contributed by atoms with Gasteiger partial charge in [0.05, 0.1) is 16.8 Å². The predicted molar refractivity (Wildman–Crippen MR) is 91.6 cm³/mol. The van der Waals surface area contributed by atoms with Crippen molar-refractivity contribution in [2.24, 2.45) is 0 Å². The largest absolute Gasteiger partial charge is 0.472 e. The Kier molecular flexibility index (Phi) is 5.17. The molecule has 1 aliphatic rings. The number of rotatable bonds is 5. The Morgan fingerprint density at radius 2 is 2.04 bits per heavy atom. The summed E-state index contributed by atoms with van der Waals surface area (Å²) in [5.41, 5.74) is 0.563. The van der Waals surface area contributed by atoms with Crippen molar-refractivity contribution in [1.82, 2.24) is 9.29 Å². The summed E-state index contributed by atoms with van der Waals surface area (Å²) in [4.78, 5) is 4.13. The van der Waals surface area contributed by atoms with Crippen LogP contribution in [-0.4, -0.2) is 36.9 Å². The van der Waals surface area contributed by atoms with Crippen LogP contribution >= 0.6 is 15.9 Å². The van der Waals surface area contributed by atoms with Crippen LogP contribution in [-0.2, 0) is 15.8 Å². The second kappa shape index (κ2) is 7.16. The molecule has 2 heterocycles. The fourth-order valence-corrected chi connectivity index (χ4v) is 4.47. The maximum absolute atomic E-state index is 12.9. The van der Waals surface area contributed by atoms with Crippen LogP contribution in [0.5, 0.6) is 5.88 Å². The van der Waals surface area contributed by atoms with Crippen LogP contribution in [0, 0.1) is 5.82 Å². The Morgan fingerprint density at radius 1 is 1.29 bits per heavy atom. The fourth-order valence-electron chi connectivity index (χ4n) is 2.54. The molecule has 0 bridgehead atoms. The highest BCUT2D eigenvalue weighted by atomic mass is 79.9. The Hall–Kier alpha value is -1.51. The van der Waals surface area contributed by atoms with Gasteiger partial charge in [0, 0.05) is 12.7 Å². The lowest BCUT2D eigenvalue weighted by Crippen LogP contribution is -2.32. The highest BCUT2D eigenvalue weighted by Gasteiger charge is 2.33. The average Bonchev–Trinajstić information content (AvgIpc) is 3.01. The van der Waals surface area contributed by atoms with Crippen LogP contribution in [0.15, 0.2) is 47.1 Å². The van der Waals surface area contributed by atoms with Gasteiger partial charge >= 0.3 is 0 Å². The van der Waals surface area contributed by atoms with E-state index in [0.717, 1.165) is 4.47 Å². The van der Waals surface area contributed by atoms with Crippen LogP contribution in [0.3, 0.4) is 0 Å². The lowest BCUT2D eigenvalue weighted by atomic mass is 10.2. The van der Waals surface area contributed by atoms with Gasteiger partial charge in [0.15, 0.2) is 0 Å². The SMILES string of the molecule is O=S(=O)(Cc1ccc(F)cc1)N1CCC(Oc2ncccc2Br)C1. The smallest absolute Gasteiger partial charge is 0.228 e. The third-order valence-corrected chi connectivity index (χ3v) is 6.19. The number of hydrogen-bond acceptors (Lipinski definition) is 4. The summed E-state index contributed by atoms with van der Waals surface area (Å²) in [6, 6.07) is 9.11. The molecule has 0 N–H and O–H groups in total. The van der Waals surface area contributed by atoms with E-state index < -0.39 is 10.0 Å². The second-order valence-corrected chi connectivity index (χ2v) is 8.38.